The number of benzene rings is 1. The number of hydrogen-bond donors (Lipinski definition) is 0. The first-order valence-corrected chi connectivity index (χ1v) is 8.22. The van der Waals surface area contributed by atoms with Gasteiger partial charge in [0.15, 0.2) is 0 Å². The number of fused-ring (bicyclic) bond motifs is 1. The van der Waals surface area contributed by atoms with E-state index in [9.17, 15) is 19.4 Å². The lowest BCUT2D eigenvalue weighted by atomic mass is 10.2. The highest BCUT2D eigenvalue weighted by Crippen LogP contribution is 3.02. The highest BCUT2D eigenvalue weighted by Gasteiger charge is 2.65. The Labute approximate surface area is 119 Å². The predicted octanol–water partition coefficient (Wildman–Crippen LogP) is 5.25. The molecular weight excluding hydrogens is 311 g/mol. The van der Waals surface area contributed by atoms with Gasteiger partial charge in [0, 0.05) is 29.7 Å². The van der Waals surface area contributed by atoms with E-state index in [4.69, 9.17) is 0 Å². The topological polar surface area (TPSA) is 8.17 Å². The highest BCUT2D eigenvalue weighted by molar-refractivity contribution is 8.45. The monoisotopic (exact) mass is 328 g/mol. The summed E-state index contributed by atoms with van der Waals surface area (Å²) in [6.45, 7) is 2.53. The Hall–Kier alpha value is -1.28. The van der Waals surface area contributed by atoms with Crippen LogP contribution in [0.25, 0.3) is 10.9 Å². The summed E-state index contributed by atoms with van der Waals surface area (Å²) in [5.74, 6) is 0. The van der Waals surface area contributed by atoms with Crippen molar-refractivity contribution in [1.82, 2.24) is 9.47 Å². The molecular formula is C13H17F5N2S. The summed E-state index contributed by atoms with van der Waals surface area (Å²) in [6, 6.07) is 3.67. The molecule has 0 fully saturated rings. The van der Waals surface area contributed by atoms with Crippen LogP contribution in [0.2, 0.25) is 0 Å². The van der Waals surface area contributed by atoms with Gasteiger partial charge in [-0.05, 0) is 45.3 Å². The molecule has 21 heavy (non-hydrogen) atoms. The van der Waals surface area contributed by atoms with Crippen molar-refractivity contribution in [2.45, 2.75) is 24.4 Å². The van der Waals surface area contributed by atoms with Crippen LogP contribution in [0.1, 0.15) is 6.92 Å². The van der Waals surface area contributed by atoms with Crippen LogP contribution in [0.4, 0.5) is 19.4 Å². The molecule has 0 aliphatic carbocycles. The Morgan fingerprint density at radius 3 is 2.24 bits per heavy atom. The molecule has 0 spiro atoms. The summed E-state index contributed by atoms with van der Waals surface area (Å²) >= 11 is 0. The van der Waals surface area contributed by atoms with Gasteiger partial charge < -0.3 is 9.47 Å². The first kappa shape index (κ1) is 16.1. The van der Waals surface area contributed by atoms with E-state index in [1.54, 1.807) is 10.8 Å². The summed E-state index contributed by atoms with van der Waals surface area (Å²) in [5, 5.41) is 0.159. The molecule has 1 unspecified atom stereocenters. The van der Waals surface area contributed by atoms with Gasteiger partial charge >= 0.3 is 10.2 Å². The molecule has 1 atom stereocenters. The molecule has 0 N–H and O–H groups in total. The van der Waals surface area contributed by atoms with Crippen molar-refractivity contribution >= 4 is 21.1 Å². The SMILES string of the molecule is CC(Cn1ccc2cc(S(F)(F)(F)(F)F)ccc21)N(C)C. The number of rotatable bonds is 4. The standard InChI is InChI=1S/C13H17F5N2S/c1-10(19(2)3)9-20-7-6-11-8-12(4-5-13(11)20)21(14,15,16,17)18/h4-8,10H,9H2,1-3H3. The zero-order valence-electron chi connectivity index (χ0n) is 11.9. The van der Waals surface area contributed by atoms with E-state index < -0.39 is 15.1 Å². The normalized spacial score (nSPS) is 17.8. The van der Waals surface area contributed by atoms with Crippen molar-refractivity contribution in [2.75, 3.05) is 14.1 Å². The van der Waals surface area contributed by atoms with E-state index in [1.807, 2.05) is 25.9 Å². The van der Waals surface area contributed by atoms with E-state index >= 15 is 0 Å². The van der Waals surface area contributed by atoms with Crippen LogP contribution in [-0.4, -0.2) is 29.6 Å². The maximum atomic E-state index is 12.8. The van der Waals surface area contributed by atoms with Crippen LogP contribution in [0, 0.1) is 0 Å². The average molecular weight is 328 g/mol. The second-order valence-electron chi connectivity index (χ2n) is 5.47. The van der Waals surface area contributed by atoms with Crippen molar-refractivity contribution in [2.24, 2.45) is 0 Å². The minimum absolute atomic E-state index is 0.159. The molecule has 0 saturated carbocycles. The van der Waals surface area contributed by atoms with Gasteiger partial charge in [-0.25, -0.2) is 0 Å². The largest absolute Gasteiger partial charge is 0.346 e. The molecule has 1 heterocycles. The second kappa shape index (κ2) is 4.13. The molecule has 0 amide bonds. The highest BCUT2D eigenvalue weighted by atomic mass is 32.5. The fourth-order valence-electron chi connectivity index (χ4n) is 2.03. The van der Waals surface area contributed by atoms with Crippen LogP contribution in [0.15, 0.2) is 35.4 Å². The number of likely N-dealkylation sites (N-methyl/N-ethyl adjacent to an activating group) is 1. The average Bonchev–Trinajstić information content (AvgIpc) is 2.68. The van der Waals surface area contributed by atoms with Gasteiger partial charge in [-0.15, -0.1) is 0 Å². The van der Waals surface area contributed by atoms with Gasteiger partial charge in [0.1, 0.15) is 4.90 Å². The van der Waals surface area contributed by atoms with Gasteiger partial charge in [0.2, 0.25) is 0 Å². The van der Waals surface area contributed by atoms with Crippen LogP contribution in [-0.2, 0) is 6.54 Å². The number of nitrogens with zero attached hydrogens (tertiary/aromatic N) is 2. The van der Waals surface area contributed by atoms with Gasteiger partial charge in [0.25, 0.3) is 0 Å². The van der Waals surface area contributed by atoms with Crippen molar-refractivity contribution in [3.63, 3.8) is 0 Å². The van der Waals surface area contributed by atoms with Gasteiger partial charge in [-0.2, -0.15) is 0 Å². The molecule has 2 nitrogen and oxygen atoms in total. The molecule has 0 aliphatic heterocycles. The third-order valence-electron chi connectivity index (χ3n) is 3.53. The predicted molar refractivity (Wildman–Crippen MR) is 76.5 cm³/mol. The fraction of sp³-hybridized carbons (Fsp3) is 0.385. The Morgan fingerprint density at radius 2 is 1.71 bits per heavy atom. The van der Waals surface area contributed by atoms with Crippen molar-refractivity contribution in [3.8, 4) is 0 Å². The summed E-state index contributed by atoms with van der Waals surface area (Å²) in [6.07, 6.45) is 1.61. The maximum absolute atomic E-state index is 12.8. The minimum atomic E-state index is -9.62. The van der Waals surface area contributed by atoms with E-state index in [0.29, 0.717) is 24.2 Å². The molecule has 2 rings (SSSR count). The molecule has 0 bridgehead atoms. The van der Waals surface area contributed by atoms with Crippen LogP contribution >= 0.6 is 10.2 Å². The van der Waals surface area contributed by atoms with E-state index in [-0.39, 0.29) is 11.4 Å². The summed E-state index contributed by atoms with van der Waals surface area (Å²) in [7, 11) is -5.83. The van der Waals surface area contributed by atoms with Gasteiger partial charge in [0.05, 0.1) is 0 Å². The first-order chi connectivity index (χ1) is 9.27. The Morgan fingerprint density at radius 1 is 1.10 bits per heavy atom. The molecule has 2 aromatic rings. The van der Waals surface area contributed by atoms with Crippen molar-refractivity contribution < 1.29 is 19.4 Å². The quantitative estimate of drug-likeness (QED) is 0.696. The Balaban J connectivity index is 2.46. The molecule has 8 heteroatoms. The number of halogens is 5. The third-order valence-corrected chi connectivity index (χ3v) is 4.68. The third kappa shape index (κ3) is 3.49. The lowest BCUT2D eigenvalue weighted by Crippen LogP contribution is -2.28. The van der Waals surface area contributed by atoms with E-state index in [0.717, 1.165) is 6.07 Å². The van der Waals surface area contributed by atoms with Crippen LogP contribution in [0.3, 0.4) is 0 Å². The summed E-state index contributed by atoms with van der Waals surface area (Å²) in [4.78, 5) is 0.121. The van der Waals surface area contributed by atoms with Crippen molar-refractivity contribution in [3.05, 3.63) is 30.5 Å². The summed E-state index contributed by atoms with van der Waals surface area (Å²) in [5.41, 5.74) is 0.509. The van der Waals surface area contributed by atoms with Gasteiger partial charge in [-0.1, -0.05) is 19.4 Å². The van der Waals surface area contributed by atoms with Gasteiger partial charge in [-0.3, -0.25) is 0 Å². The van der Waals surface area contributed by atoms with Crippen LogP contribution in [0.5, 0.6) is 0 Å². The molecule has 1 aromatic carbocycles. The lowest BCUT2D eigenvalue weighted by molar-refractivity contribution is 0.286. The fourth-order valence-corrected chi connectivity index (χ4v) is 2.70. The first-order valence-electron chi connectivity index (χ1n) is 6.27. The van der Waals surface area contributed by atoms with Crippen molar-refractivity contribution in [1.29, 1.82) is 0 Å². The second-order valence-corrected chi connectivity index (χ2v) is 7.88. The zero-order chi connectivity index (χ0) is 16.1. The molecule has 0 aliphatic rings. The minimum Gasteiger partial charge on any atom is -0.346 e. The lowest BCUT2D eigenvalue weighted by Gasteiger charge is -2.40. The van der Waals surface area contributed by atoms with Crippen LogP contribution < -0.4 is 0 Å². The Bertz CT molecular complexity index is 675. The molecule has 120 valence electrons. The molecule has 0 saturated heterocycles. The maximum Gasteiger partial charge on any atom is 0.310 e. The molecule has 0 radical (unpaired) electrons. The molecule has 1 aromatic heterocycles. The number of aromatic nitrogens is 1. The van der Waals surface area contributed by atoms with E-state index in [1.165, 1.54) is 6.07 Å². The Kier molecular flexibility index (Phi) is 3.17. The zero-order valence-corrected chi connectivity index (χ0v) is 12.7. The van der Waals surface area contributed by atoms with E-state index in [2.05, 4.69) is 0 Å². The number of hydrogen-bond acceptors (Lipinski definition) is 1. The summed E-state index contributed by atoms with van der Waals surface area (Å²) < 4.78 is 65.7. The smallest absolute Gasteiger partial charge is 0.310 e.